The number of amides is 2. The van der Waals surface area contributed by atoms with Gasteiger partial charge in [-0.25, -0.2) is 0 Å². The fourth-order valence-corrected chi connectivity index (χ4v) is 5.14. The molecule has 38 heavy (non-hydrogen) atoms. The highest BCUT2D eigenvalue weighted by Crippen LogP contribution is 2.38. The van der Waals surface area contributed by atoms with Gasteiger partial charge in [-0.15, -0.1) is 0 Å². The number of hydrogen-bond acceptors (Lipinski definition) is 4. The molecule has 2 amide bonds. The van der Waals surface area contributed by atoms with E-state index in [9.17, 15) is 9.59 Å². The molecule has 5 rings (SSSR count). The zero-order chi connectivity index (χ0) is 26.3. The molecule has 6 heteroatoms. The van der Waals surface area contributed by atoms with Crippen LogP contribution < -0.4 is 16.0 Å². The zero-order valence-corrected chi connectivity index (χ0v) is 22.1. The molecule has 0 saturated carbocycles. The van der Waals surface area contributed by atoms with Gasteiger partial charge in [-0.05, 0) is 67.7 Å². The average Bonchev–Trinajstić information content (AvgIpc) is 3.28. The number of nitrogens with one attached hydrogen (secondary N) is 3. The molecule has 0 atom stereocenters. The third-order valence-corrected chi connectivity index (χ3v) is 7.23. The van der Waals surface area contributed by atoms with E-state index in [1.54, 1.807) is 12.1 Å². The first kappa shape index (κ1) is 25.7. The van der Waals surface area contributed by atoms with Crippen LogP contribution in [0, 0.1) is 0 Å². The van der Waals surface area contributed by atoms with E-state index in [4.69, 9.17) is 0 Å². The molecule has 196 valence electrons. The molecule has 0 spiro atoms. The zero-order valence-electron chi connectivity index (χ0n) is 22.1. The van der Waals surface area contributed by atoms with Crippen LogP contribution in [0.4, 0.5) is 11.4 Å². The summed E-state index contributed by atoms with van der Waals surface area (Å²) in [6, 6.07) is 23.8. The maximum Gasteiger partial charge on any atom is 0.258 e. The van der Waals surface area contributed by atoms with Gasteiger partial charge in [0.2, 0.25) is 0 Å². The summed E-state index contributed by atoms with van der Waals surface area (Å²) in [6.45, 7) is 6.04. The molecule has 2 aliphatic heterocycles. The number of rotatable bonds is 9. The van der Waals surface area contributed by atoms with Gasteiger partial charge in [0.05, 0.1) is 11.3 Å². The number of carbonyl (C=O) groups excluding carboxylic acids is 2. The number of fused-ring (bicyclic) bond motifs is 1. The predicted octanol–water partition coefficient (Wildman–Crippen LogP) is 6.13. The van der Waals surface area contributed by atoms with E-state index >= 15 is 0 Å². The van der Waals surface area contributed by atoms with Crippen molar-refractivity contribution in [3.8, 4) is 0 Å². The topological polar surface area (TPSA) is 73.5 Å². The molecule has 2 heterocycles. The summed E-state index contributed by atoms with van der Waals surface area (Å²) in [5.74, 6) is -0.310. The lowest BCUT2D eigenvalue weighted by Crippen LogP contribution is -2.29. The first-order chi connectivity index (χ1) is 18.6. The van der Waals surface area contributed by atoms with Gasteiger partial charge in [-0.3, -0.25) is 14.5 Å². The molecule has 2 aliphatic rings. The first-order valence-electron chi connectivity index (χ1n) is 13.7. The molecular weight excluding hydrogens is 472 g/mol. The largest absolute Gasteiger partial charge is 0.354 e. The number of likely N-dealkylation sites (tertiary alicyclic amines) is 1. The second kappa shape index (κ2) is 12.1. The Hall–Kier alpha value is -3.90. The molecule has 0 radical (unpaired) electrons. The number of anilines is 2. The molecule has 6 nitrogen and oxygen atoms in total. The second-order valence-electron chi connectivity index (χ2n) is 10.1. The van der Waals surface area contributed by atoms with E-state index in [-0.39, 0.29) is 11.8 Å². The van der Waals surface area contributed by atoms with Crippen molar-refractivity contribution in [3.05, 3.63) is 95.1 Å². The van der Waals surface area contributed by atoms with E-state index in [2.05, 4.69) is 52.0 Å². The molecule has 0 aliphatic carbocycles. The highest BCUT2D eigenvalue weighted by molar-refractivity contribution is 6.37. The van der Waals surface area contributed by atoms with Crippen molar-refractivity contribution in [2.45, 2.75) is 45.6 Å². The van der Waals surface area contributed by atoms with Crippen molar-refractivity contribution in [1.82, 2.24) is 10.2 Å². The maximum absolute atomic E-state index is 13.3. The number of carbonyl (C=O) groups is 2. The van der Waals surface area contributed by atoms with E-state index in [0.29, 0.717) is 23.4 Å². The lowest BCUT2D eigenvalue weighted by Gasteiger charge is -2.26. The molecular formula is C32H36N4O2. The number of nitrogens with zero attached hydrogens (tertiary/aromatic N) is 1. The number of benzene rings is 3. The van der Waals surface area contributed by atoms with Gasteiger partial charge in [0, 0.05) is 35.6 Å². The Kier molecular flexibility index (Phi) is 8.19. The van der Waals surface area contributed by atoms with Crippen LogP contribution in [0.1, 0.15) is 66.1 Å². The van der Waals surface area contributed by atoms with E-state index < -0.39 is 0 Å². The van der Waals surface area contributed by atoms with Crippen molar-refractivity contribution >= 4 is 34.5 Å². The Morgan fingerprint density at radius 2 is 1.68 bits per heavy atom. The van der Waals surface area contributed by atoms with Crippen molar-refractivity contribution in [1.29, 1.82) is 0 Å². The van der Waals surface area contributed by atoms with Crippen molar-refractivity contribution < 1.29 is 9.59 Å². The fraction of sp³-hybridized carbons (Fsp3) is 0.312. The van der Waals surface area contributed by atoms with Crippen molar-refractivity contribution in [3.63, 3.8) is 0 Å². The van der Waals surface area contributed by atoms with E-state index in [1.807, 2.05) is 36.4 Å². The highest BCUT2D eigenvalue weighted by atomic mass is 16.2. The summed E-state index contributed by atoms with van der Waals surface area (Å²) >= 11 is 0. The predicted molar refractivity (Wildman–Crippen MR) is 155 cm³/mol. The van der Waals surface area contributed by atoms with Crippen LogP contribution in [0.2, 0.25) is 0 Å². The normalized spacial score (nSPS) is 16.5. The maximum atomic E-state index is 13.3. The molecule has 0 bridgehead atoms. The summed E-state index contributed by atoms with van der Waals surface area (Å²) in [5, 5.41) is 9.46. The molecule has 1 saturated heterocycles. The SMILES string of the molecule is CCCCNC(=O)c1ccc2c(c1)NC(=O)/C2=C(\Nc1ccc(CN2CCCCC2)cc1)c1ccccc1. The van der Waals surface area contributed by atoms with E-state index in [0.717, 1.165) is 41.9 Å². The average molecular weight is 509 g/mol. The third-order valence-electron chi connectivity index (χ3n) is 7.23. The standard InChI is InChI=1S/C32H36N4O2/c1-2-3-18-33-31(37)25-14-17-27-28(21-25)35-32(38)29(27)30(24-10-6-4-7-11-24)34-26-15-12-23(13-16-26)22-36-19-8-5-9-20-36/h4,6-7,10-17,21,34H,2-3,5,8-9,18-20,22H2,1H3,(H,33,37)(H,35,38)/b30-29-. The van der Waals surface area contributed by atoms with Crippen LogP contribution in [-0.4, -0.2) is 36.3 Å². The number of piperidine rings is 1. The highest BCUT2D eigenvalue weighted by Gasteiger charge is 2.29. The number of hydrogen-bond donors (Lipinski definition) is 3. The van der Waals surface area contributed by atoms with Crippen LogP contribution in [-0.2, 0) is 11.3 Å². The quantitative estimate of drug-likeness (QED) is 0.240. The Morgan fingerprint density at radius 3 is 2.42 bits per heavy atom. The van der Waals surface area contributed by atoms with Crippen LogP contribution in [0.3, 0.4) is 0 Å². The minimum Gasteiger partial charge on any atom is -0.354 e. The van der Waals surface area contributed by atoms with Crippen LogP contribution in [0.5, 0.6) is 0 Å². The Morgan fingerprint density at radius 1 is 0.921 bits per heavy atom. The van der Waals surface area contributed by atoms with Gasteiger partial charge in [0.25, 0.3) is 11.8 Å². The Balaban J connectivity index is 1.43. The lowest BCUT2D eigenvalue weighted by atomic mass is 9.98. The summed E-state index contributed by atoms with van der Waals surface area (Å²) in [6.07, 6.45) is 5.85. The monoisotopic (exact) mass is 508 g/mol. The molecule has 0 aromatic heterocycles. The summed E-state index contributed by atoms with van der Waals surface area (Å²) in [4.78, 5) is 28.4. The van der Waals surface area contributed by atoms with Crippen LogP contribution in [0.25, 0.3) is 11.3 Å². The number of unbranched alkanes of at least 4 members (excludes halogenated alkanes) is 1. The second-order valence-corrected chi connectivity index (χ2v) is 10.1. The van der Waals surface area contributed by atoms with Gasteiger partial charge in [-0.2, -0.15) is 0 Å². The van der Waals surface area contributed by atoms with Gasteiger partial charge in [0.15, 0.2) is 0 Å². The molecule has 3 aromatic rings. The van der Waals surface area contributed by atoms with Gasteiger partial charge in [0.1, 0.15) is 0 Å². The summed E-state index contributed by atoms with van der Waals surface area (Å²) < 4.78 is 0. The third kappa shape index (κ3) is 5.97. The van der Waals surface area contributed by atoms with Gasteiger partial charge >= 0.3 is 0 Å². The van der Waals surface area contributed by atoms with Crippen LogP contribution in [0.15, 0.2) is 72.8 Å². The molecule has 3 N–H and O–H groups in total. The van der Waals surface area contributed by atoms with E-state index in [1.165, 1.54) is 37.9 Å². The van der Waals surface area contributed by atoms with Crippen molar-refractivity contribution in [2.24, 2.45) is 0 Å². The molecule has 3 aromatic carbocycles. The van der Waals surface area contributed by atoms with Crippen molar-refractivity contribution in [2.75, 3.05) is 30.3 Å². The first-order valence-corrected chi connectivity index (χ1v) is 13.7. The summed E-state index contributed by atoms with van der Waals surface area (Å²) in [7, 11) is 0. The van der Waals surface area contributed by atoms with Gasteiger partial charge in [-0.1, -0.05) is 68.3 Å². The smallest absolute Gasteiger partial charge is 0.258 e. The minimum absolute atomic E-state index is 0.126. The van der Waals surface area contributed by atoms with Gasteiger partial charge < -0.3 is 16.0 Å². The fourth-order valence-electron chi connectivity index (χ4n) is 5.14. The summed E-state index contributed by atoms with van der Waals surface area (Å²) in [5.41, 5.74) is 6.43. The Labute approximate surface area is 225 Å². The van der Waals surface area contributed by atoms with Crippen LogP contribution >= 0.6 is 0 Å². The minimum atomic E-state index is -0.184. The molecule has 1 fully saturated rings. The lowest BCUT2D eigenvalue weighted by molar-refractivity contribution is -0.110. The Bertz CT molecular complexity index is 1310. The molecule has 0 unspecified atom stereocenters.